The average Bonchev–Trinajstić information content (AvgIpc) is 2.95. The number of aromatic nitrogens is 5. The normalized spacial score (nSPS) is 13.0. The average molecular weight is 276 g/mol. The molecule has 5 nitrogen and oxygen atoms in total. The Morgan fingerprint density at radius 3 is 2.89 bits per heavy atom. The zero-order chi connectivity index (χ0) is 13.4. The van der Waals surface area contributed by atoms with E-state index in [0.29, 0.717) is 6.54 Å². The molecule has 0 fully saturated rings. The van der Waals surface area contributed by atoms with Gasteiger partial charge in [0.05, 0.1) is 17.6 Å². The van der Waals surface area contributed by atoms with Crippen LogP contribution in [0.15, 0.2) is 30.6 Å². The van der Waals surface area contributed by atoms with E-state index in [4.69, 9.17) is 11.6 Å². The molecule has 19 heavy (non-hydrogen) atoms. The third-order valence-corrected chi connectivity index (χ3v) is 3.17. The molecule has 3 aromatic rings. The largest absolute Gasteiger partial charge is 0.305 e. The standard InChI is InChI=1S/C13H14ClN5/c1-9(14)12-16-11-4-3-6-15-13(11)19(12)8-10-5-7-18(2)17-10/h3-7,9H,8H2,1-2H3. The lowest BCUT2D eigenvalue weighted by atomic mass is 10.4. The molecule has 3 aromatic heterocycles. The summed E-state index contributed by atoms with van der Waals surface area (Å²) >= 11 is 6.21. The van der Waals surface area contributed by atoms with Crippen LogP contribution in [0.1, 0.15) is 23.8 Å². The van der Waals surface area contributed by atoms with Crippen molar-refractivity contribution in [2.45, 2.75) is 18.8 Å². The molecule has 0 amide bonds. The number of aryl methyl sites for hydroxylation is 1. The van der Waals surface area contributed by atoms with Gasteiger partial charge in [-0.05, 0) is 25.1 Å². The lowest BCUT2D eigenvalue weighted by molar-refractivity contribution is 0.686. The van der Waals surface area contributed by atoms with Gasteiger partial charge in [-0.3, -0.25) is 4.68 Å². The van der Waals surface area contributed by atoms with E-state index in [1.165, 1.54) is 0 Å². The smallest absolute Gasteiger partial charge is 0.160 e. The number of rotatable bonds is 3. The lowest BCUT2D eigenvalue weighted by Crippen LogP contribution is -2.07. The molecule has 0 radical (unpaired) electrons. The lowest BCUT2D eigenvalue weighted by Gasteiger charge is -2.08. The van der Waals surface area contributed by atoms with Gasteiger partial charge in [-0.15, -0.1) is 11.6 Å². The van der Waals surface area contributed by atoms with Crippen LogP contribution in [0.5, 0.6) is 0 Å². The monoisotopic (exact) mass is 275 g/mol. The van der Waals surface area contributed by atoms with Crippen LogP contribution in [0.2, 0.25) is 0 Å². The van der Waals surface area contributed by atoms with Crippen molar-refractivity contribution in [3.63, 3.8) is 0 Å². The number of alkyl halides is 1. The first kappa shape index (κ1) is 12.2. The molecule has 0 N–H and O–H groups in total. The maximum Gasteiger partial charge on any atom is 0.160 e. The molecule has 0 aliphatic carbocycles. The van der Waals surface area contributed by atoms with Crippen LogP contribution in [0.4, 0.5) is 0 Å². The summed E-state index contributed by atoms with van der Waals surface area (Å²) in [7, 11) is 1.90. The van der Waals surface area contributed by atoms with E-state index in [0.717, 1.165) is 22.7 Å². The fourth-order valence-electron chi connectivity index (χ4n) is 2.15. The van der Waals surface area contributed by atoms with E-state index >= 15 is 0 Å². The summed E-state index contributed by atoms with van der Waals surface area (Å²) in [5.74, 6) is 0.820. The molecule has 3 rings (SSSR count). The highest BCUT2D eigenvalue weighted by atomic mass is 35.5. The summed E-state index contributed by atoms with van der Waals surface area (Å²) in [6, 6.07) is 5.81. The van der Waals surface area contributed by atoms with Crippen LogP contribution in [-0.4, -0.2) is 24.3 Å². The molecule has 0 aliphatic rings. The number of halogens is 1. The van der Waals surface area contributed by atoms with Gasteiger partial charge in [-0.1, -0.05) is 0 Å². The maximum atomic E-state index is 6.21. The van der Waals surface area contributed by atoms with Gasteiger partial charge in [-0.2, -0.15) is 5.10 Å². The minimum atomic E-state index is -0.169. The Labute approximate surface area is 115 Å². The summed E-state index contributed by atoms with van der Waals surface area (Å²) < 4.78 is 3.81. The second kappa shape index (κ2) is 4.66. The van der Waals surface area contributed by atoms with Crippen LogP contribution in [-0.2, 0) is 13.6 Å². The third-order valence-electron chi connectivity index (χ3n) is 2.98. The summed E-state index contributed by atoms with van der Waals surface area (Å²) in [4.78, 5) is 8.94. The van der Waals surface area contributed by atoms with Crippen molar-refractivity contribution in [1.29, 1.82) is 0 Å². The number of nitrogens with zero attached hydrogens (tertiary/aromatic N) is 5. The Morgan fingerprint density at radius 2 is 2.21 bits per heavy atom. The third kappa shape index (κ3) is 2.21. The van der Waals surface area contributed by atoms with Crippen molar-refractivity contribution in [1.82, 2.24) is 24.3 Å². The van der Waals surface area contributed by atoms with Gasteiger partial charge < -0.3 is 4.57 Å². The van der Waals surface area contributed by atoms with Gasteiger partial charge in [0.15, 0.2) is 5.65 Å². The molecule has 0 aliphatic heterocycles. The molecule has 3 heterocycles. The zero-order valence-corrected chi connectivity index (χ0v) is 11.5. The van der Waals surface area contributed by atoms with Gasteiger partial charge >= 0.3 is 0 Å². The Morgan fingerprint density at radius 1 is 1.37 bits per heavy atom. The van der Waals surface area contributed by atoms with Crippen molar-refractivity contribution < 1.29 is 0 Å². The molecule has 1 unspecified atom stereocenters. The van der Waals surface area contributed by atoms with Crippen LogP contribution < -0.4 is 0 Å². The highest BCUT2D eigenvalue weighted by molar-refractivity contribution is 6.20. The van der Waals surface area contributed by atoms with E-state index in [1.54, 1.807) is 10.9 Å². The highest BCUT2D eigenvalue weighted by Crippen LogP contribution is 2.23. The first-order chi connectivity index (χ1) is 9.15. The Hall–Kier alpha value is -1.88. The van der Waals surface area contributed by atoms with Gasteiger partial charge in [-0.25, -0.2) is 9.97 Å². The maximum absolute atomic E-state index is 6.21. The second-order valence-electron chi connectivity index (χ2n) is 4.50. The minimum Gasteiger partial charge on any atom is -0.305 e. The highest BCUT2D eigenvalue weighted by Gasteiger charge is 2.16. The predicted molar refractivity (Wildman–Crippen MR) is 74.1 cm³/mol. The van der Waals surface area contributed by atoms with Crippen LogP contribution >= 0.6 is 11.6 Å². The van der Waals surface area contributed by atoms with Gasteiger partial charge in [0.2, 0.25) is 0 Å². The number of pyridine rings is 1. The van der Waals surface area contributed by atoms with E-state index in [1.807, 2.05) is 42.9 Å². The SMILES string of the molecule is CC(Cl)c1nc2cccnc2n1Cc1ccn(C)n1. The molecule has 6 heteroatoms. The zero-order valence-electron chi connectivity index (χ0n) is 10.8. The fraction of sp³-hybridized carbons (Fsp3) is 0.308. The molecule has 0 saturated heterocycles. The van der Waals surface area contributed by atoms with E-state index in [-0.39, 0.29) is 5.38 Å². The van der Waals surface area contributed by atoms with Crippen molar-refractivity contribution in [2.75, 3.05) is 0 Å². The number of fused-ring (bicyclic) bond motifs is 1. The van der Waals surface area contributed by atoms with Crippen LogP contribution in [0.25, 0.3) is 11.2 Å². The molecule has 1 atom stereocenters. The van der Waals surface area contributed by atoms with Crippen molar-refractivity contribution in [3.8, 4) is 0 Å². The van der Waals surface area contributed by atoms with Gasteiger partial charge in [0, 0.05) is 19.4 Å². The quantitative estimate of drug-likeness (QED) is 0.690. The van der Waals surface area contributed by atoms with E-state index < -0.39 is 0 Å². The molecule has 0 bridgehead atoms. The van der Waals surface area contributed by atoms with Crippen molar-refractivity contribution in [3.05, 3.63) is 42.1 Å². The minimum absolute atomic E-state index is 0.169. The Balaban J connectivity index is 2.12. The van der Waals surface area contributed by atoms with Gasteiger partial charge in [0.1, 0.15) is 11.3 Å². The number of imidazole rings is 1. The summed E-state index contributed by atoms with van der Waals surface area (Å²) in [5, 5.41) is 4.22. The molecule has 0 spiro atoms. The Kier molecular flexibility index (Phi) is 2.98. The first-order valence-corrected chi connectivity index (χ1v) is 6.52. The van der Waals surface area contributed by atoms with Crippen molar-refractivity contribution >= 4 is 22.8 Å². The molecular formula is C13H14ClN5. The predicted octanol–water partition coefficient (Wildman–Crippen LogP) is 2.51. The first-order valence-electron chi connectivity index (χ1n) is 6.09. The topological polar surface area (TPSA) is 48.5 Å². The Bertz CT molecular complexity index is 713. The summed E-state index contributed by atoms with van der Waals surface area (Å²) in [6.07, 6.45) is 3.69. The number of hydrogen-bond acceptors (Lipinski definition) is 3. The van der Waals surface area contributed by atoms with Crippen LogP contribution in [0, 0.1) is 0 Å². The summed E-state index contributed by atoms with van der Waals surface area (Å²) in [6.45, 7) is 2.54. The molecule has 0 saturated carbocycles. The number of hydrogen-bond donors (Lipinski definition) is 0. The van der Waals surface area contributed by atoms with Gasteiger partial charge in [0.25, 0.3) is 0 Å². The van der Waals surface area contributed by atoms with Crippen molar-refractivity contribution in [2.24, 2.45) is 7.05 Å². The fourth-order valence-corrected chi connectivity index (χ4v) is 2.31. The second-order valence-corrected chi connectivity index (χ2v) is 5.15. The molecular weight excluding hydrogens is 262 g/mol. The van der Waals surface area contributed by atoms with E-state index in [9.17, 15) is 0 Å². The molecule has 0 aromatic carbocycles. The molecule has 98 valence electrons. The van der Waals surface area contributed by atoms with E-state index in [2.05, 4.69) is 15.1 Å². The summed E-state index contributed by atoms with van der Waals surface area (Å²) in [5.41, 5.74) is 2.67. The van der Waals surface area contributed by atoms with Crippen LogP contribution in [0.3, 0.4) is 0 Å².